The van der Waals surface area contributed by atoms with Crippen LogP contribution in [0.3, 0.4) is 0 Å². The van der Waals surface area contributed by atoms with E-state index in [1.165, 1.54) is 24.0 Å². The van der Waals surface area contributed by atoms with Gasteiger partial charge in [0, 0.05) is 18.8 Å². The summed E-state index contributed by atoms with van der Waals surface area (Å²) in [5.74, 6) is 0. The van der Waals surface area contributed by atoms with Crippen LogP contribution < -0.4 is 0 Å². The molecule has 0 N–H and O–H groups in total. The van der Waals surface area contributed by atoms with Gasteiger partial charge in [0.1, 0.15) is 5.69 Å². The molecule has 1 rings (SSSR count). The summed E-state index contributed by atoms with van der Waals surface area (Å²) < 4.78 is 25.8. The molecule has 0 amide bonds. The molecule has 0 aromatic carbocycles. The van der Waals surface area contributed by atoms with E-state index in [1.54, 1.807) is 0 Å². The van der Waals surface area contributed by atoms with E-state index in [0.717, 1.165) is 0 Å². The molecule has 0 aliphatic rings. The van der Waals surface area contributed by atoms with Gasteiger partial charge in [-0.3, -0.25) is 4.68 Å². The first-order valence-corrected chi connectivity index (χ1v) is 3.49. The van der Waals surface area contributed by atoms with Crippen molar-refractivity contribution in [3.05, 3.63) is 17.5 Å². The van der Waals surface area contributed by atoms with Crippen LogP contribution in [0.15, 0.2) is 11.2 Å². The number of hydrogen-bond acceptors (Lipinski definition) is 3. The maximum Gasteiger partial charge on any atom is 0.282 e. The zero-order valence-corrected chi connectivity index (χ0v) is 6.87. The van der Waals surface area contributed by atoms with Gasteiger partial charge in [0.05, 0.1) is 6.54 Å². The second kappa shape index (κ2) is 3.91. The zero-order valence-electron chi connectivity index (χ0n) is 6.87. The third-order valence-corrected chi connectivity index (χ3v) is 1.46. The molecule has 0 aliphatic heterocycles. The molecule has 0 fully saturated rings. The van der Waals surface area contributed by atoms with Gasteiger partial charge in [0.15, 0.2) is 0 Å². The second-order valence-electron chi connectivity index (χ2n) is 2.42. The molecule has 6 heteroatoms. The second-order valence-corrected chi connectivity index (χ2v) is 2.42. The number of aromatic nitrogens is 2. The van der Waals surface area contributed by atoms with E-state index >= 15 is 0 Å². The maximum absolute atomic E-state index is 12.3. The summed E-state index contributed by atoms with van der Waals surface area (Å²) in [4.78, 5) is 13.0. The van der Waals surface area contributed by atoms with Crippen molar-refractivity contribution >= 4 is 6.08 Å². The van der Waals surface area contributed by atoms with Gasteiger partial charge in [-0.2, -0.15) is 5.10 Å². The first-order chi connectivity index (χ1) is 6.15. The van der Waals surface area contributed by atoms with Gasteiger partial charge in [-0.05, 0) is 0 Å². The van der Waals surface area contributed by atoms with Crippen LogP contribution in [0, 0.1) is 0 Å². The van der Waals surface area contributed by atoms with Crippen LogP contribution >= 0.6 is 0 Å². The number of halogens is 2. The lowest BCUT2D eigenvalue weighted by Gasteiger charge is -1.94. The quantitative estimate of drug-likeness (QED) is 0.527. The molecule has 0 bridgehead atoms. The van der Waals surface area contributed by atoms with Crippen molar-refractivity contribution in [2.75, 3.05) is 0 Å². The monoisotopic (exact) mass is 187 g/mol. The number of hydrogen-bond donors (Lipinski definition) is 0. The summed E-state index contributed by atoms with van der Waals surface area (Å²) in [6.45, 7) is -0.100. The number of isocyanates is 1. The Morgan fingerprint density at radius 3 is 3.00 bits per heavy atom. The van der Waals surface area contributed by atoms with Crippen LogP contribution in [0.25, 0.3) is 0 Å². The molecule has 0 radical (unpaired) electrons. The lowest BCUT2D eigenvalue weighted by molar-refractivity contribution is 0.144. The summed E-state index contributed by atoms with van der Waals surface area (Å²) in [5.41, 5.74) is -0.0812. The Hall–Kier alpha value is -1.55. The molecule has 0 atom stereocenters. The van der Waals surface area contributed by atoms with Crippen molar-refractivity contribution in [3.8, 4) is 0 Å². The van der Waals surface area contributed by atoms with E-state index in [4.69, 9.17) is 0 Å². The fraction of sp³-hybridized carbons (Fsp3) is 0.429. The highest BCUT2D eigenvalue weighted by Gasteiger charge is 2.16. The minimum Gasteiger partial charge on any atom is -0.275 e. The first kappa shape index (κ1) is 9.54. The van der Waals surface area contributed by atoms with Crippen LogP contribution in [0.4, 0.5) is 8.78 Å². The smallest absolute Gasteiger partial charge is 0.275 e. The Bertz CT molecular complexity index is 342. The lowest BCUT2D eigenvalue weighted by atomic mass is 10.2. The van der Waals surface area contributed by atoms with E-state index in [9.17, 15) is 13.6 Å². The SMILES string of the molecule is Cn1cc(CN=C=O)c(C(F)F)n1. The van der Waals surface area contributed by atoms with E-state index in [2.05, 4.69) is 10.1 Å². The van der Waals surface area contributed by atoms with Gasteiger partial charge in [0.2, 0.25) is 6.08 Å². The van der Waals surface area contributed by atoms with Crippen molar-refractivity contribution in [1.82, 2.24) is 9.78 Å². The van der Waals surface area contributed by atoms with E-state index in [1.807, 2.05) is 0 Å². The maximum atomic E-state index is 12.3. The molecule has 4 nitrogen and oxygen atoms in total. The summed E-state index contributed by atoms with van der Waals surface area (Å²) >= 11 is 0. The summed E-state index contributed by atoms with van der Waals surface area (Å²) in [6, 6.07) is 0. The predicted molar refractivity (Wildman–Crippen MR) is 40.0 cm³/mol. The van der Waals surface area contributed by atoms with E-state index < -0.39 is 6.43 Å². The summed E-state index contributed by atoms with van der Waals surface area (Å²) in [7, 11) is 1.53. The van der Waals surface area contributed by atoms with Gasteiger partial charge in [-0.15, -0.1) is 0 Å². The van der Waals surface area contributed by atoms with Crippen LogP contribution in [-0.4, -0.2) is 15.9 Å². The normalized spacial score (nSPS) is 10.2. The van der Waals surface area contributed by atoms with Crippen molar-refractivity contribution < 1.29 is 13.6 Å². The van der Waals surface area contributed by atoms with Gasteiger partial charge in [0.25, 0.3) is 6.43 Å². The van der Waals surface area contributed by atoms with Gasteiger partial charge >= 0.3 is 0 Å². The fourth-order valence-electron chi connectivity index (χ4n) is 0.978. The summed E-state index contributed by atoms with van der Waals surface area (Å²) in [5, 5.41) is 3.54. The van der Waals surface area contributed by atoms with Crippen molar-refractivity contribution in [1.29, 1.82) is 0 Å². The Labute approximate surface area is 72.9 Å². The Balaban J connectivity index is 2.96. The predicted octanol–water partition coefficient (Wildman–Crippen LogP) is 1.19. The average molecular weight is 187 g/mol. The number of carbonyl (C=O) groups excluding carboxylic acids is 1. The number of aliphatic imine (C=N–C) groups is 1. The lowest BCUT2D eigenvalue weighted by Crippen LogP contribution is -1.92. The van der Waals surface area contributed by atoms with Gasteiger partial charge < -0.3 is 0 Å². The fourth-order valence-corrected chi connectivity index (χ4v) is 0.978. The molecule has 13 heavy (non-hydrogen) atoms. The molecular weight excluding hydrogens is 180 g/mol. The van der Waals surface area contributed by atoms with Crippen LogP contribution in [-0.2, 0) is 18.4 Å². The van der Waals surface area contributed by atoms with Crippen LogP contribution in [0.1, 0.15) is 17.7 Å². The standard InChI is InChI=1S/C7H7F2N3O/c1-12-3-5(2-10-4-13)6(11-12)7(8)9/h3,7H,2H2,1H3. The molecule has 1 aromatic heterocycles. The Morgan fingerprint density at radius 1 is 1.77 bits per heavy atom. The minimum absolute atomic E-state index is 0.100. The van der Waals surface area contributed by atoms with Crippen molar-refractivity contribution in [2.45, 2.75) is 13.0 Å². The third kappa shape index (κ3) is 2.19. The molecule has 0 saturated heterocycles. The topological polar surface area (TPSA) is 47.2 Å². The molecule has 70 valence electrons. The Morgan fingerprint density at radius 2 is 2.46 bits per heavy atom. The number of aryl methyl sites for hydroxylation is 1. The minimum atomic E-state index is -2.64. The average Bonchev–Trinajstić information content (AvgIpc) is 2.43. The molecule has 0 saturated carbocycles. The van der Waals surface area contributed by atoms with Gasteiger partial charge in [-0.1, -0.05) is 0 Å². The van der Waals surface area contributed by atoms with Crippen molar-refractivity contribution in [2.24, 2.45) is 12.0 Å². The summed E-state index contributed by atoms with van der Waals surface area (Å²) in [6.07, 6.45) is 0.0490. The highest BCUT2D eigenvalue weighted by molar-refractivity contribution is 5.34. The highest BCUT2D eigenvalue weighted by Crippen LogP contribution is 2.21. The first-order valence-electron chi connectivity index (χ1n) is 3.49. The van der Waals surface area contributed by atoms with Crippen molar-refractivity contribution in [3.63, 3.8) is 0 Å². The molecule has 0 aliphatic carbocycles. The molecule has 0 unspecified atom stereocenters. The number of rotatable bonds is 3. The van der Waals surface area contributed by atoms with Gasteiger partial charge in [-0.25, -0.2) is 18.6 Å². The van der Waals surface area contributed by atoms with E-state index in [0.29, 0.717) is 0 Å². The Kier molecular flexibility index (Phi) is 2.87. The molecule has 1 heterocycles. The molecule has 1 aromatic rings. The molecular formula is C7H7F2N3O. The number of nitrogens with zero attached hydrogens (tertiary/aromatic N) is 3. The van der Waals surface area contributed by atoms with Crippen LogP contribution in [0.5, 0.6) is 0 Å². The van der Waals surface area contributed by atoms with E-state index in [-0.39, 0.29) is 17.8 Å². The molecule has 0 spiro atoms. The zero-order chi connectivity index (χ0) is 9.84. The highest BCUT2D eigenvalue weighted by atomic mass is 19.3. The number of alkyl halides is 2. The largest absolute Gasteiger partial charge is 0.282 e. The third-order valence-electron chi connectivity index (χ3n) is 1.46. The van der Waals surface area contributed by atoms with Crippen LogP contribution in [0.2, 0.25) is 0 Å².